The third-order valence-electron chi connectivity index (χ3n) is 4.61. The van der Waals surface area contributed by atoms with Gasteiger partial charge in [0.2, 0.25) is 5.91 Å². The van der Waals surface area contributed by atoms with E-state index in [2.05, 4.69) is 5.32 Å². The molecule has 2 aromatic carbocycles. The van der Waals surface area contributed by atoms with Crippen molar-refractivity contribution in [1.82, 2.24) is 5.32 Å². The van der Waals surface area contributed by atoms with Crippen molar-refractivity contribution in [3.05, 3.63) is 65.7 Å². The molecule has 2 rings (SSSR count). The molecule has 27 heavy (non-hydrogen) atoms. The van der Waals surface area contributed by atoms with Gasteiger partial charge in [-0.2, -0.15) is 0 Å². The maximum atomic E-state index is 12.5. The Kier molecular flexibility index (Phi) is 6.99. The molecule has 0 radical (unpaired) electrons. The van der Waals surface area contributed by atoms with E-state index in [1.807, 2.05) is 63.2 Å². The summed E-state index contributed by atoms with van der Waals surface area (Å²) in [6.45, 7) is 5.71. The van der Waals surface area contributed by atoms with Crippen LogP contribution in [0.15, 0.2) is 54.6 Å². The van der Waals surface area contributed by atoms with Crippen molar-refractivity contribution in [3.8, 4) is 5.75 Å². The molecule has 0 bridgehead atoms. The lowest BCUT2D eigenvalue weighted by Gasteiger charge is -2.29. The Bertz CT molecular complexity index is 773. The lowest BCUT2D eigenvalue weighted by molar-refractivity contribution is -0.144. The number of hydrogen-bond acceptors (Lipinski definition) is 3. The first-order chi connectivity index (χ1) is 12.9. The van der Waals surface area contributed by atoms with E-state index in [-0.39, 0.29) is 25.0 Å². The van der Waals surface area contributed by atoms with Crippen molar-refractivity contribution in [3.63, 3.8) is 0 Å². The Hall–Kier alpha value is -2.82. The van der Waals surface area contributed by atoms with Gasteiger partial charge >= 0.3 is 5.97 Å². The molecule has 2 N–H and O–H groups in total. The van der Waals surface area contributed by atoms with E-state index in [1.54, 1.807) is 12.1 Å². The maximum absolute atomic E-state index is 12.5. The predicted octanol–water partition coefficient (Wildman–Crippen LogP) is 3.57. The summed E-state index contributed by atoms with van der Waals surface area (Å²) >= 11 is 0. The van der Waals surface area contributed by atoms with E-state index >= 15 is 0 Å². The van der Waals surface area contributed by atoms with Crippen molar-refractivity contribution >= 4 is 11.9 Å². The Labute approximate surface area is 160 Å². The number of carbonyl (C=O) groups is 2. The molecule has 0 saturated heterocycles. The molecule has 0 spiro atoms. The zero-order chi connectivity index (χ0) is 19.9. The van der Waals surface area contributed by atoms with Gasteiger partial charge in [-0.05, 0) is 31.9 Å². The van der Waals surface area contributed by atoms with E-state index in [0.29, 0.717) is 17.7 Å². The lowest BCUT2D eigenvalue weighted by atomic mass is 9.78. The van der Waals surface area contributed by atoms with Gasteiger partial charge in [0, 0.05) is 12.1 Å². The Morgan fingerprint density at radius 1 is 1.07 bits per heavy atom. The third-order valence-corrected chi connectivity index (χ3v) is 4.61. The zero-order valence-corrected chi connectivity index (χ0v) is 16.1. The normalized spacial score (nSPS) is 13.0. The maximum Gasteiger partial charge on any atom is 0.315 e. The van der Waals surface area contributed by atoms with Crippen molar-refractivity contribution in [2.45, 2.75) is 45.1 Å². The Balaban J connectivity index is 2.12. The summed E-state index contributed by atoms with van der Waals surface area (Å²) < 4.78 is 5.75. The molecule has 0 fully saturated rings. The quantitative estimate of drug-likeness (QED) is 0.709. The molecule has 0 aliphatic carbocycles. The standard InChI is InChI=1S/C22H27NO4/c1-4-22(21(25)26,18-11-6-5-7-12-18)15-23-20(24)14-17-10-8-9-13-19(17)27-16(2)3/h5-13,16H,4,14-15H2,1-3H3,(H,23,24)(H,25,26). The minimum absolute atomic E-state index is 0.00652. The van der Waals surface area contributed by atoms with Crippen molar-refractivity contribution in [2.75, 3.05) is 6.54 Å². The minimum Gasteiger partial charge on any atom is -0.491 e. The smallest absolute Gasteiger partial charge is 0.315 e. The van der Waals surface area contributed by atoms with Crippen LogP contribution in [-0.4, -0.2) is 29.6 Å². The number of carboxylic acids is 1. The van der Waals surface area contributed by atoms with Gasteiger partial charge in [0.1, 0.15) is 11.2 Å². The molecule has 5 heteroatoms. The number of carbonyl (C=O) groups excluding carboxylic acids is 1. The monoisotopic (exact) mass is 369 g/mol. The van der Waals surface area contributed by atoms with Gasteiger partial charge < -0.3 is 15.2 Å². The van der Waals surface area contributed by atoms with E-state index in [4.69, 9.17) is 4.74 Å². The van der Waals surface area contributed by atoms with Crippen LogP contribution >= 0.6 is 0 Å². The highest BCUT2D eigenvalue weighted by atomic mass is 16.5. The SMILES string of the molecule is CCC(CNC(=O)Cc1ccccc1OC(C)C)(C(=O)O)c1ccccc1. The third kappa shape index (κ3) is 5.09. The van der Waals surface area contributed by atoms with E-state index < -0.39 is 11.4 Å². The molecule has 0 aliphatic rings. The van der Waals surface area contributed by atoms with Gasteiger partial charge in [0.25, 0.3) is 0 Å². The highest BCUT2D eigenvalue weighted by Gasteiger charge is 2.38. The molecule has 0 saturated carbocycles. The van der Waals surface area contributed by atoms with Crippen LogP contribution in [0.2, 0.25) is 0 Å². The van der Waals surface area contributed by atoms with Crippen LogP contribution in [0, 0.1) is 0 Å². The van der Waals surface area contributed by atoms with Crippen molar-refractivity contribution < 1.29 is 19.4 Å². The number of aliphatic carboxylic acids is 1. The lowest BCUT2D eigenvalue weighted by Crippen LogP contribution is -2.46. The average Bonchev–Trinajstić information content (AvgIpc) is 2.64. The summed E-state index contributed by atoms with van der Waals surface area (Å²) in [4.78, 5) is 24.5. The molecule has 1 amide bonds. The van der Waals surface area contributed by atoms with Crippen LogP contribution < -0.4 is 10.1 Å². The first-order valence-corrected chi connectivity index (χ1v) is 9.19. The van der Waals surface area contributed by atoms with Crippen LogP contribution in [0.1, 0.15) is 38.3 Å². The second kappa shape index (κ2) is 9.21. The van der Waals surface area contributed by atoms with Crippen LogP contribution in [-0.2, 0) is 21.4 Å². The molecule has 0 aliphatic heterocycles. The zero-order valence-electron chi connectivity index (χ0n) is 16.1. The number of hydrogen-bond donors (Lipinski definition) is 2. The highest BCUT2D eigenvalue weighted by Crippen LogP contribution is 2.28. The Morgan fingerprint density at radius 2 is 1.70 bits per heavy atom. The van der Waals surface area contributed by atoms with E-state index in [0.717, 1.165) is 5.56 Å². The second-order valence-electron chi connectivity index (χ2n) is 6.83. The number of carboxylic acid groups (broad SMARTS) is 1. The van der Waals surface area contributed by atoms with Crippen molar-refractivity contribution in [1.29, 1.82) is 0 Å². The first-order valence-electron chi connectivity index (χ1n) is 9.19. The summed E-state index contributed by atoms with van der Waals surface area (Å²) in [5, 5.41) is 12.7. The van der Waals surface area contributed by atoms with Crippen LogP contribution in [0.3, 0.4) is 0 Å². The summed E-state index contributed by atoms with van der Waals surface area (Å²) in [5.41, 5.74) is 0.315. The molecule has 5 nitrogen and oxygen atoms in total. The van der Waals surface area contributed by atoms with Gasteiger partial charge in [0.15, 0.2) is 0 Å². The topological polar surface area (TPSA) is 75.6 Å². The fraction of sp³-hybridized carbons (Fsp3) is 0.364. The number of nitrogens with one attached hydrogen (secondary N) is 1. The molecular formula is C22H27NO4. The number of para-hydroxylation sites is 1. The molecule has 0 heterocycles. The number of rotatable bonds is 9. The molecule has 0 aromatic heterocycles. The molecule has 1 atom stereocenters. The van der Waals surface area contributed by atoms with E-state index in [1.165, 1.54) is 0 Å². The van der Waals surface area contributed by atoms with Crippen LogP contribution in [0.5, 0.6) is 5.75 Å². The summed E-state index contributed by atoms with van der Waals surface area (Å²) in [6.07, 6.45) is 0.517. The molecule has 2 aromatic rings. The summed E-state index contributed by atoms with van der Waals surface area (Å²) in [6, 6.07) is 16.4. The fourth-order valence-corrected chi connectivity index (χ4v) is 3.04. The molecule has 144 valence electrons. The van der Waals surface area contributed by atoms with Gasteiger partial charge in [-0.3, -0.25) is 9.59 Å². The average molecular weight is 369 g/mol. The largest absolute Gasteiger partial charge is 0.491 e. The highest BCUT2D eigenvalue weighted by molar-refractivity contribution is 5.84. The second-order valence-corrected chi connectivity index (χ2v) is 6.83. The van der Waals surface area contributed by atoms with Gasteiger partial charge in [-0.25, -0.2) is 0 Å². The number of amides is 1. The van der Waals surface area contributed by atoms with Crippen LogP contribution in [0.25, 0.3) is 0 Å². The summed E-state index contributed by atoms with van der Waals surface area (Å²) in [7, 11) is 0. The predicted molar refractivity (Wildman–Crippen MR) is 105 cm³/mol. The number of ether oxygens (including phenoxy) is 1. The Morgan fingerprint density at radius 3 is 2.30 bits per heavy atom. The van der Waals surface area contributed by atoms with Crippen molar-refractivity contribution in [2.24, 2.45) is 0 Å². The van der Waals surface area contributed by atoms with Gasteiger partial charge in [0.05, 0.1) is 12.5 Å². The first kappa shape index (κ1) is 20.5. The van der Waals surface area contributed by atoms with Gasteiger partial charge in [-0.15, -0.1) is 0 Å². The fourth-order valence-electron chi connectivity index (χ4n) is 3.04. The number of benzene rings is 2. The van der Waals surface area contributed by atoms with E-state index in [9.17, 15) is 14.7 Å². The summed E-state index contributed by atoms with van der Waals surface area (Å²) in [5.74, 6) is -0.504. The van der Waals surface area contributed by atoms with Crippen LogP contribution in [0.4, 0.5) is 0 Å². The van der Waals surface area contributed by atoms with Gasteiger partial charge in [-0.1, -0.05) is 55.5 Å². The minimum atomic E-state index is -1.15. The molecule has 1 unspecified atom stereocenters. The molecular weight excluding hydrogens is 342 g/mol.